The Morgan fingerprint density at radius 3 is 2.50 bits per heavy atom. The molecule has 0 amide bonds. The Kier molecular flexibility index (Phi) is 6.37. The number of benzene rings is 1. The van der Waals surface area contributed by atoms with E-state index in [1.807, 2.05) is 0 Å². The van der Waals surface area contributed by atoms with Crippen LogP contribution in [0.4, 0.5) is 0 Å². The fourth-order valence-corrected chi connectivity index (χ4v) is 2.42. The molecule has 1 aromatic rings. The first kappa shape index (κ1) is 15.2. The molecule has 0 heterocycles. The Labute approximate surface area is 112 Å². The molecule has 0 radical (unpaired) electrons. The Hall–Kier alpha value is -0.860. The predicted octanol–water partition coefficient (Wildman–Crippen LogP) is 2.86. The quantitative estimate of drug-likeness (QED) is 0.798. The van der Waals surface area contributed by atoms with Gasteiger partial charge in [-0.2, -0.15) is 0 Å². The third kappa shape index (κ3) is 6.18. The van der Waals surface area contributed by atoms with Crippen LogP contribution in [0, 0.1) is 6.92 Å². The number of hydrogen-bond acceptors (Lipinski definition) is 2. The van der Waals surface area contributed by atoms with Gasteiger partial charge in [-0.3, -0.25) is 0 Å². The van der Waals surface area contributed by atoms with Crippen LogP contribution in [0.15, 0.2) is 24.3 Å². The van der Waals surface area contributed by atoms with Gasteiger partial charge in [0.1, 0.15) is 0 Å². The summed E-state index contributed by atoms with van der Waals surface area (Å²) in [7, 11) is 4.24. The molecular formula is C16H28N2. The minimum Gasteiger partial charge on any atom is -0.310 e. The summed E-state index contributed by atoms with van der Waals surface area (Å²) in [6.45, 7) is 7.78. The zero-order valence-electron chi connectivity index (χ0n) is 12.5. The van der Waals surface area contributed by atoms with Gasteiger partial charge in [0.05, 0.1) is 0 Å². The van der Waals surface area contributed by atoms with Crippen LogP contribution in [0.5, 0.6) is 0 Å². The Balaban J connectivity index is 2.30. The van der Waals surface area contributed by atoms with Crippen molar-refractivity contribution in [3.8, 4) is 0 Å². The molecule has 18 heavy (non-hydrogen) atoms. The Morgan fingerprint density at radius 1 is 1.17 bits per heavy atom. The highest BCUT2D eigenvalue weighted by molar-refractivity contribution is 5.22. The molecule has 0 fully saturated rings. The second-order valence-corrected chi connectivity index (χ2v) is 5.76. The van der Waals surface area contributed by atoms with Crippen molar-refractivity contribution in [3.05, 3.63) is 35.4 Å². The zero-order valence-corrected chi connectivity index (χ0v) is 12.5. The molecular weight excluding hydrogens is 220 g/mol. The fraction of sp³-hybridized carbons (Fsp3) is 0.625. The lowest BCUT2D eigenvalue weighted by Crippen LogP contribution is -2.40. The normalized spacial score (nSPS) is 14.8. The first-order valence-corrected chi connectivity index (χ1v) is 6.93. The fourth-order valence-electron chi connectivity index (χ4n) is 2.42. The molecule has 2 nitrogen and oxygen atoms in total. The van der Waals surface area contributed by atoms with E-state index in [0.29, 0.717) is 12.1 Å². The molecule has 1 rings (SSSR count). The van der Waals surface area contributed by atoms with Crippen molar-refractivity contribution in [2.75, 3.05) is 20.6 Å². The summed E-state index contributed by atoms with van der Waals surface area (Å²) in [6.07, 6.45) is 2.35. The van der Waals surface area contributed by atoms with E-state index in [1.165, 1.54) is 17.5 Å². The summed E-state index contributed by atoms with van der Waals surface area (Å²) in [6, 6.07) is 9.94. The molecule has 2 atom stereocenters. The summed E-state index contributed by atoms with van der Waals surface area (Å²) >= 11 is 0. The lowest BCUT2D eigenvalue weighted by molar-refractivity contribution is 0.328. The van der Waals surface area contributed by atoms with E-state index in [4.69, 9.17) is 0 Å². The molecule has 1 aromatic carbocycles. The van der Waals surface area contributed by atoms with E-state index >= 15 is 0 Å². The van der Waals surface area contributed by atoms with Gasteiger partial charge in [-0.15, -0.1) is 0 Å². The first-order valence-electron chi connectivity index (χ1n) is 6.93. The van der Waals surface area contributed by atoms with Gasteiger partial charge in [0.2, 0.25) is 0 Å². The van der Waals surface area contributed by atoms with Crippen LogP contribution in [0.1, 0.15) is 31.4 Å². The average molecular weight is 248 g/mol. The van der Waals surface area contributed by atoms with Gasteiger partial charge in [-0.1, -0.05) is 29.8 Å². The van der Waals surface area contributed by atoms with E-state index in [9.17, 15) is 0 Å². The number of likely N-dealkylation sites (N-methyl/N-ethyl adjacent to an activating group) is 1. The van der Waals surface area contributed by atoms with Crippen molar-refractivity contribution < 1.29 is 0 Å². The highest BCUT2D eigenvalue weighted by atomic mass is 15.1. The molecule has 2 unspecified atom stereocenters. The molecule has 0 aliphatic carbocycles. The average Bonchev–Trinajstić information content (AvgIpc) is 2.25. The van der Waals surface area contributed by atoms with Crippen molar-refractivity contribution in [3.63, 3.8) is 0 Å². The van der Waals surface area contributed by atoms with Crippen LogP contribution in [0.25, 0.3) is 0 Å². The van der Waals surface area contributed by atoms with Gasteiger partial charge < -0.3 is 10.2 Å². The minimum atomic E-state index is 0.549. The topological polar surface area (TPSA) is 15.3 Å². The molecule has 0 aliphatic heterocycles. The van der Waals surface area contributed by atoms with Crippen molar-refractivity contribution in [2.45, 2.75) is 45.7 Å². The molecule has 2 heteroatoms. The third-order valence-electron chi connectivity index (χ3n) is 3.16. The summed E-state index contributed by atoms with van der Waals surface area (Å²) in [5, 5.41) is 3.65. The van der Waals surface area contributed by atoms with Crippen molar-refractivity contribution in [2.24, 2.45) is 0 Å². The first-order chi connectivity index (χ1) is 8.47. The van der Waals surface area contributed by atoms with E-state index in [0.717, 1.165) is 13.0 Å². The molecule has 0 saturated carbocycles. The highest BCUT2D eigenvalue weighted by Gasteiger charge is 2.08. The maximum atomic E-state index is 3.65. The van der Waals surface area contributed by atoms with Crippen LogP contribution < -0.4 is 5.32 Å². The molecule has 0 bridgehead atoms. The number of rotatable bonds is 7. The SMILES string of the molecule is Cc1cccc(CCC(C)NC(C)CN(C)C)c1. The van der Waals surface area contributed by atoms with Crippen LogP contribution in [0.2, 0.25) is 0 Å². The lowest BCUT2D eigenvalue weighted by atomic mass is 10.0. The minimum absolute atomic E-state index is 0.549. The maximum absolute atomic E-state index is 3.65. The number of nitrogens with one attached hydrogen (secondary N) is 1. The van der Waals surface area contributed by atoms with Gasteiger partial charge in [0, 0.05) is 18.6 Å². The lowest BCUT2D eigenvalue weighted by Gasteiger charge is -2.22. The second-order valence-electron chi connectivity index (χ2n) is 5.76. The summed E-state index contributed by atoms with van der Waals surface area (Å²) < 4.78 is 0. The van der Waals surface area contributed by atoms with E-state index in [2.05, 4.69) is 69.3 Å². The van der Waals surface area contributed by atoms with Gasteiger partial charge >= 0.3 is 0 Å². The van der Waals surface area contributed by atoms with Crippen molar-refractivity contribution >= 4 is 0 Å². The molecule has 0 aliphatic rings. The van der Waals surface area contributed by atoms with Gasteiger partial charge in [-0.05, 0) is 53.3 Å². The smallest absolute Gasteiger partial charge is 0.0168 e. The van der Waals surface area contributed by atoms with Crippen LogP contribution in [-0.2, 0) is 6.42 Å². The summed E-state index contributed by atoms with van der Waals surface area (Å²) in [4.78, 5) is 2.23. The van der Waals surface area contributed by atoms with E-state index < -0.39 is 0 Å². The predicted molar refractivity (Wildman–Crippen MR) is 80.1 cm³/mol. The van der Waals surface area contributed by atoms with Crippen LogP contribution >= 0.6 is 0 Å². The largest absolute Gasteiger partial charge is 0.310 e. The third-order valence-corrected chi connectivity index (χ3v) is 3.16. The van der Waals surface area contributed by atoms with E-state index in [1.54, 1.807) is 0 Å². The molecule has 0 aromatic heterocycles. The summed E-state index contributed by atoms with van der Waals surface area (Å²) in [5.74, 6) is 0. The van der Waals surface area contributed by atoms with Crippen molar-refractivity contribution in [1.82, 2.24) is 10.2 Å². The molecule has 0 saturated heterocycles. The monoisotopic (exact) mass is 248 g/mol. The molecule has 0 spiro atoms. The number of aryl methyl sites for hydroxylation is 2. The molecule has 1 N–H and O–H groups in total. The van der Waals surface area contributed by atoms with Crippen molar-refractivity contribution in [1.29, 1.82) is 0 Å². The number of hydrogen-bond donors (Lipinski definition) is 1. The van der Waals surface area contributed by atoms with Crippen LogP contribution in [-0.4, -0.2) is 37.6 Å². The van der Waals surface area contributed by atoms with Gasteiger partial charge in [0.25, 0.3) is 0 Å². The maximum Gasteiger partial charge on any atom is 0.0168 e. The number of nitrogens with zero attached hydrogens (tertiary/aromatic N) is 1. The standard InChI is InChI=1S/C16H28N2/c1-13-7-6-8-16(11-13)10-9-14(2)17-15(3)12-18(4)5/h6-8,11,14-15,17H,9-10,12H2,1-5H3. The Bertz CT molecular complexity index is 347. The Morgan fingerprint density at radius 2 is 1.89 bits per heavy atom. The van der Waals surface area contributed by atoms with Gasteiger partial charge in [0.15, 0.2) is 0 Å². The van der Waals surface area contributed by atoms with Crippen LogP contribution in [0.3, 0.4) is 0 Å². The van der Waals surface area contributed by atoms with Gasteiger partial charge in [-0.25, -0.2) is 0 Å². The highest BCUT2D eigenvalue weighted by Crippen LogP contribution is 2.08. The zero-order chi connectivity index (χ0) is 13.5. The van der Waals surface area contributed by atoms with E-state index in [-0.39, 0.29) is 0 Å². The summed E-state index contributed by atoms with van der Waals surface area (Å²) in [5.41, 5.74) is 2.80. The molecule has 102 valence electrons. The second kappa shape index (κ2) is 7.55.